The highest BCUT2D eigenvalue weighted by Gasteiger charge is 1.98. The summed E-state index contributed by atoms with van der Waals surface area (Å²) in [6.07, 6.45) is 7.89. The van der Waals surface area contributed by atoms with Gasteiger partial charge in [0.15, 0.2) is 12.6 Å². The minimum absolute atomic E-state index is 0.386. The average Bonchev–Trinajstić information content (AvgIpc) is 2.28. The highest BCUT2D eigenvalue weighted by Crippen LogP contribution is 1.97. The molecule has 0 bridgehead atoms. The summed E-state index contributed by atoms with van der Waals surface area (Å²) < 4.78 is 0. The lowest BCUT2D eigenvalue weighted by Crippen LogP contribution is -2.13. The first-order valence-electron chi connectivity index (χ1n) is 3.13. The van der Waals surface area contributed by atoms with Gasteiger partial charge in [-0.3, -0.25) is 9.59 Å². The fourth-order valence-corrected chi connectivity index (χ4v) is 0.706. The molecule has 1 aliphatic heterocycles. The van der Waals surface area contributed by atoms with Gasteiger partial charge in [-0.25, -0.2) is 0 Å². The minimum atomic E-state index is 0.386. The largest absolute Gasteiger partial charge is 0.350 e. The van der Waals surface area contributed by atoms with E-state index in [-0.39, 0.29) is 0 Å². The third-order valence-corrected chi connectivity index (χ3v) is 1.21. The Morgan fingerprint density at radius 1 is 1.00 bits per heavy atom. The van der Waals surface area contributed by atoms with Crippen LogP contribution in [0.25, 0.3) is 0 Å². The van der Waals surface area contributed by atoms with Gasteiger partial charge in [0.1, 0.15) is 0 Å². The van der Waals surface area contributed by atoms with Crippen LogP contribution in [0, 0.1) is 0 Å². The Labute approximate surface area is 64.1 Å². The smallest absolute Gasteiger partial charge is 0.166 e. The first kappa shape index (κ1) is 7.47. The van der Waals surface area contributed by atoms with Crippen molar-refractivity contribution in [2.24, 2.45) is 0 Å². The topological polar surface area (TPSA) is 46.2 Å². The normalized spacial score (nSPS) is 15.6. The lowest BCUT2D eigenvalue weighted by molar-refractivity contribution is -0.105. The predicted molar refractivity (Wildman–Crippen MR) is 40.6 cm³/mol. The van der Waals surface area contributed by atoms with Gasteiger partial charge in [0, 0.05) is 0 Å². The van der Waals surface area contributed by atoms with Crippen molar-refractivity contribution in [3.8, 4) is 0 Å². The Morgan fingerprint density at radius 3 is 1.82 bits per heavy atom. The maximum absolute atomic E-state index is 10.3. The zero-order chi connectivity index (χ0) is 8.10. The van der Waals surface area contributed by atoms with Crippen LogP contribution in [-0.2, 0) is 9.59 Å². The van der Waals surface area contributed by atoms with E-state index in [1.807, 2.05) is 0 Å². The second-order valence-electron chi connectivity index (χ2n) is 1.99. The zero-order valence-electron chi connectivity index (χ0n) is 5.78. The van der Waals surface area contributed by atoms with Crippen LogP contribution in [0.5, 0.6) is 0 Å². The predicted octanol–water partition coefficient (Wildman–Crippen LogP) is 0.311. The first-order chi connectivity index (χ1) is 5.36. The molecule has 0 unspecified atom stereocenters. The van der Waals surface area contributed by atoms with E-state index in [0.717, 1.165) is 0 Å². The van der Waals surface area contributed by atoms with Crippen LogP contribution in [0.3, 0.4) is 0 Å². The lowest BCUT2D eigenvalue weighted by atomic mass is 10.4. The van der Waals surface area contributed by atoms with Gasteiger partial charge in [-0.05, 0) is 12.2 Å². The van der Waals surface area contributed by atoms with Gasteiger partial charge in [0.25, 0.3) is 0 Å². The number of aldehydes is 2. The van der Waals surface area contributed by atoms with Gasteiger partial charge < -0.3 is 5.32 Å². The maximum Gasteiger partial charge on any atom is 0.166 e. The molecule has 0 aromatic carbocycles. The summed E-state index contributed by atoms with van der Waals surface area (Å²) in [5, 5.41) is 2.64. The van der Waals surface area contributed by atoms with Gasteiger partial charge in [-0.15, -0.1) is 0 Å². The number of carbonyl (C=O) groups excluding carboxylic acids is 2. The fourth-order valence-electron chi connectivity index (χ4n) is 0.706. The second kappa shape index (κ2) is 3.51. The molecule has 0 saturated heterocycles. The molecule has 56 valence electrons. The van der Waals surface area contributed by atoms with Crippen molar-refractivity contribution in [3.63, 3.8) is 0 Å². The first-order valence-corrected chi connectivity index (χ1v) is 3.13. The van der Waals surface area contributed by atoms with Crippen molar-refractivity contribution in [2.75, 3.05) is 0 Å². The van der Waals surface area contributed by atoms with Crippen molar-refractivity contribution in [3.05, 3.63) is 35.7 Å². The molecule has 3 heteroatoms. The van der Waals surface area contributed by atoms with Gasteiger partial charge in [-0.1, -0.05) is 12.2 Å². The van der Waals surface area contributed by atoms with Crippen molar-refractivity contribution >= 4 is 12.6 Å². The molecule has 1 rings (SSSR count). The van der Waals surface area contributed by atoms with Crippen molar-refractivity contribution in [1.82, 2.24) is 5.32 Å². The lowest BCUT2D eigenvalue weighted by Gasteiger charge is -1.99. The molecule has 3 nitrogen and oxygen atoms in total. The number of nitrogens with one attached hydrogen (secondary N) is 1. The van der Waals surface area contributed by atoms with E-state index >= 15 is 0 Å². The molecular weight excluding hydrogens is 142 g/mol. The molecule has 1 N–H and O–H groups in total. The molecule has 0 saturated carbocycles. The number of hydrogen-bond donors (Lipinski definition) is 1. The number of rotatable bonds is 2. The third-order valence-electron chi connectivity index (χ3n) is 1.21. The summed E-state index contributed by atoms with van der Waals surface area (Å²) in [5.41, 5.74) is 0.772. The van der Waals surface area contributed by atoms with Crippen LogP contribution in [0.1, 0.15) is 0 Å². The molecule has 0 fully saturated rings. The summed E-state index contributed by atoms with van der Waals surface area (Å²) in [5.74, 6) is 0. The van der Waals surface area contributed by atoms with Crippen LogP contribution >= 0.6 is 0 Å². The van der Waals surface area contributed by atoms with Gasteiger partial charge in [0.05, 0.1) is 11.4 Å². The third kappa shape index (κ3) is 1.89. The van der Waals surface area contributed by atoms with E-state index in [2.05, 4.69) is 5.32 Å². The monoisotopic (exact) mass is 149 g/mol. The Balaban J connectivity index is 2.85. The van der Waals surface area contributed by atoms with Crippen LogP contribution in [-0.4, -0.2) is 12.6 Å². The van der Waals surface area contributed by atoms with Gasteiger partial charge in [0.2, 0.25) is 0 Å². The average molecular weight is 149 g/mol. The second-order valence-corrected chi connectivity index (χ2v) is 1.99. The molecule has 0 spiro atoms. The van der Waals surface area contributed by atoms with E-state index in [4.69, 9.17) is 0 Å². The molecular formula is C8H7NO2. The highest BCUT2D eigenvalue weighted by atomic mass is 16.1. The van der Waals surface area contributed by atoms with E-state index in [0.29, 0.717) is 24.0 Å². The molecule has 1 aliphatic rings. The molecule has 0 aromatic rings. The summed E-state index contributed by atoms with van der Waals surface area (Å²) >= 11 is 0. The molecule has 0 atom stereocenters. The number of carbonyl (C=O) groups is 2. The summed E-state index contributed by atoms with van der Waals surface area (Å²) in [7, 11) is 0. The number of allylic oxidation sites excluding steroid dienone is 6. The van der Waals surface area contributed by atoms with E-state index < -0.39 is 0 Å². The summed E-state index contributed by atoms with van der Waals surface area (Å²) in [6.45, 7) is 0. The molecule has 0 amide bonds. The maximum atomic E-state index is 10.3. The molecule has 0 aliphatic carbocycles. The van der Waals surface area contributed by atoms with Crippen LogP contribution in [0.4, 0.5) is 0 Å². The van der Waals surface area contributed by atoms with E-state index in [1.54, 1.807) is 24.3 Å². The van der Waals surface area contributed by atoms with E-state index in [1.165, 1.54) is 0 Å². The Morgan fingerprint density at radius 2 is 1.45 bits per heavy atom. The Bertz CT molecular complexity index is 235. The van der Waals surface area contributed by atoms with Crippen molar-refractivity contribution in [1.29, 1.82) is 0 Å². The number of hydrogen-bond acceptors (Lipinski definition) is 3. The van der Waals surface area contributed by atoms with Crippen molar-refractivity contribution < 1.29 is 9.59 Å². The SMILES string of the molecule is O=CC1=CC=CC=C(C=O)N1. The quantitative estimate of drug-likeness (QED) is 0.575. The fraction of sp³-hybridized carbons (Fsp3) is 0. The standard InChI is InChI=1S/C8H7NO2/c10-5-7-3-1-2-4-8(6-11)9-7/h1-6,9H. The van der Waals surface area contributed by atoms with Gasteiger partial charge in [-0.2, -0.15) is 0 Å². The van der Waals surface area contributed by atoms with E-state index in [9.17, 15) is 9.59 Å². The Hall–Kier alpha value is -1.64. The van der Waals surface area contributed by atoms with Gasteiger partial charge >= 0.3 is 0 Å². The molecule has 0 aromatic heterocycles. The van der Waals surface area contributed by atoms with Crippen LogP contribution < -0.4 is 5.32 Å². The minimum Gasteiger partial charge on any atom is -0.350 e. The molecule has 0 radical (unpaired) electrons. The van der Waals surface area contributed by atoms with Crippen molar-refractivity contribution in [2.45, 2.75) is 0 Å². The molecule has 1 heterocycles. The summed E-state index contributed by atoms with van der Waals surface area (Å²) in [6, 6.07) is 0. The Kier molecular flexibility index (Phi) is 2.38. The van der Waals surface area contributed by atoms with Crippen LogP contribution in [0.15, 0.2) is 35.7 Å². The zero-order valence-corrected chi connectivity index (χ0v) is 5.78. The summed E-state index contributed by atoms with van der Waals surface area (Å²) in [4.78, 5) is 20.5. The van der Waals surface area contributed by atoms with Crippen LogP contribution in [0.2, 0.25) is 0 Å². The molecule has 11 heavy (non-hydrogen) atoms. The highest BCUT2D eigenvalue weighted by molar-refractivity contribution is 5.80.